The molecule has 2 amide bonds. The zero-order valence-corrected chi connectivity index (χ0v) is 15.4. The number of carbonyl (C=O) groups is 2. The third kappa shape index (κ3) is 2.97. The van der Waals surface area contributed by atoms with Gasteiger partial charge in [0.25, 0.3) is 11.8 Å². The number of hydrogen-bond donors (Lipinski definition) is 2. The lowest BCUT2D eigenvalue weighted by molar-refractivity contribution is -0.129. The first-order valence-corrected chi connectivity index (χ1v) is 9.47. The fourth-order valence-corrected chi connectivity index (χ4v) is 3.88. The normalized spacial score (nSPS) is 26.2. The van der Waals surface area contributed by atoms with Gasteiger partial charge in [-0.3, -0.25) is 19.5 Å². The molecule has 1 fully saturated rings. The van der Waals surface area contributed by atoms with Crippen molar-refractivity contribution in [3.8, 4) is 0 Å². The molecule has 1 atom stereocenters. The lowest BCUT2D eigenvalue weighted by Gasteiger charge is -2.28. The number of aromatic nitrogens is 1. The molecule has 4 aliphatic heterocycles. The molecule has 5 heterocycles. The first-order valence-electron chi connectivity index (χ1n) is 9.92. The van der Waals surface area contributed by atoms with Crippen LogP contribution in [0.4, 0.5) is 0 Å². The monoisotopic (exact) mass is 383 g/mol. The van der Waals surface area contributed by atoms with E-state index in [1.54, 1.807) is 23.4 Å². The van der Waals surface area contributed by atoms with E-state index in [1.165, 1.54) is 5.01 Å². The minimum Gasteiger partial charge on any atom is -0.379 e. The molecule has 1 aromatic rings. The fourth-order valence-electron chi connectivity index (χ4n) is 3.88. The van der Waals surface area contributed by atoms with Gasteiger partial charge in [0.15, 0.2) is 0 Å². The van der Waals surface area contributed by atoms with E-state index in [4.69, 9.17) is 6.15 Å². The van der Waals surface area contributed by atoms with Gasteiger partial charge in [-0.25, -0.2) is 10.4 Å². The molecule has 0 bridgehead atoms. The quantitative estimate of drug-likeness (QED) is 0.714. The summed E-state index contributed by atoms with van der Waals surface area (Å²) in [4.78, 5) is 33.9. The molecule has 9 heteroatoms. The maximum absolute atomic E-state index is 13.1. The van der Waals surface area contributed by atoms with Crippen molar-refractivity contribution in [2.24, 2.45) is 0 Å². The highest BCUT2D eigenvalue weighted by atomic mass is 16.5. The van der Waals surface area contributed by atoms with E-state index in [0.717, 1.165) is 30.6 Å². The van der Waals surface area contributed by atoms with Gasteiger partial charge in [-0.2, -0.15) is 0 Å². The van der Waals surface area contributed by atoms with Gasteiger partial charge in [-0.05, 0) is 23.8 Å². The van der Waals surface area contributed by atoms with Crippen molar-refractivity contribution in [3.05, 3.63) is 53.3 Å². The Bertz CT molecular complexity index is 898. The molecule has 0 aliphatic carbocycles. The maximum atomic E-state index is 13.1. The van der Waals surface area contributed by atoms with Gasteiger partial charge in [0.2, 0.25) is 0 Å². The average Bonchev–Trinajstić information content (AvgIpc) is 3.26. The van der Waals surface area contributed by atoms with Crippen molar-refractivity contribution < 1.29 is 15.7 Å². The molecule has 146 valence electrons. The number of morpholine rings is 1. The van der Waals surface area contributed by atoms with Crippen molar-refractivity contribution in [3.63, 3.8) is 0 Å². The van der Waals surface area contributed by atoms with E-state index >= 15 is 0 Å². The third-order valence-electron chi connectivity index (χ3n) is 5.48. The van der Waals surface area contributed by atoms with Crippen LogP contribution in [0.5, 0.6) is 0 Å². The van der Waals surface area contributed by atoms with Crippen LogP contribution in [0, 0.1) is 0 Å². The van der Waals surface area contributed by atoms with Crippen LogP contribution in [0.25, 0.3) is 0 Å². The predicted molar refractivity (Wildman–Crippen MR) is 99.0 cm³/mol. The number of amides is 2. The summed E-state index contributed by atoms with van der Waals surface area (Å²) in [6.45, 7) is 4.72. The summed E-state index contributed by atoms with van der Waals surface area (Å²) in [6, 6.07) is 3.20. The Balaban J connectivity index is 1.31. The van der Waals surface area contributed by atoms with Crippen molar-refractivity contribution in [1.82, 2.24) is 30.5 Å². The second kappa shape index (κ2) is 7.01. The molecule has 4 aliphatic rings. The Labute approximate surface area is 164 Å². The predicted octanol–water partition coefficient (Wildman–Crippen LogP) is -0.657. The van der Waals surface area contributed by atoms with E-state index < -0.39 is 6.04 Å². The van der Waals surface area contributed by atoms with Gasteiger partial charge >= 0.3 is 0 Å². The van der Waals surface area contributed by atoms with E-state index in [1.807, 2.05) is 12.1 Å². The Morgan fingerprint density at radius 2 is 1.96 bits per heavy atom. The SMILES string of the molecule is [2H]N1C(c2ccncc2)C=C2NC3=C(CN(CCN4CCOCC4)C3=O)C(=O)N21. The molecule has 5 rings (SSSR count). The van der Waals surface area contributed by atoms with Crippen LogP contribution in [0.2, 0.25) is 1.41 Å². The van der Waals surface area contributed by atoms with Crippen LogP contribution in [0.15, 0.2) is 47.7 Å². The number of nitrogens with one attached hydrogen (secondary N) is 2. The van der Waals surface area contributed by atoms with Crippen molar-refractivity contribution >= 4 is 11.8 Å². The largest absolute Gasteiger partial charge is 0.379 e. The van der Waals surface area contributed by atoms with E-state index in [0.29, 0.717) is 36.8 Å². The Morgan fingerprint density at radius 3 is 2.75 bits per heavy atom. The summed E-state index contributed by atoms with van der Waals surface area (Å²) in [5.74, 6) is -0.0289. The van der Waals surface area contributed by atoms with Crippen LogP contribution in [0.1, 0.15) is 11.6 Å². The second-order valence-electron chi connectivity index (χ2n) is 7.17. The number of ether oxygens (including phenoxy) is 1. The van der Waals surface area contributed by atoms with Crippen molar-refractivity contribution in [2.45, 2.75) is 6.04 Å². The Hall–Kier alpha value is -2.75. The molecular formula is C19H22N6O3. The lowest BCUT2D eigenvalue weighted by atomic mass is 10.1. The smallest absolute Gasteiger partial charge is 0.274 e. The fraction of sp³-hybridized carbons (Fsp3) is 0.421. The topological polar surface area (TPSA) is 90.0 Å². The zero-order valence-electron chi connectivity index (χ0n) is 16.4. The molecular weight excluding hydrogens is 360 g/mol. The highest BCUT2D eigenvalue weighted by Crippen LogP contribution is 2.31. The molecule has 2 N–H and O–H groups in total. The first kappa shape index (κ1) is 16.2. The first-order chi connectivity index (χ1) is 14.1. The molecule has 0 spiro atoms. The highest BCUT2D eigenvalue weighted by Gasteiger charge is 2.43. The number of rotatable bonds is 4. The maximum Gasteiger partial charge on any atom is 0.274 e. The molecule has 9 nitrogen and oxygen atoms in total. The van der Waals surface area contributed by atoms with Gasteiger partial charge < -0.3 is 15.0 Å². The molecule has 0 radical (unpaired) electrons. The average molecular weight is 383 g/mol. The van der Waals surface area contributed by atoms with E-state index in [2.05, 4.69) is 15.2 Å². The molecule has 28 heavy (non-hydrogen) atoms. The van der Waals surface area contributed by atoms with Crippen LogP contribution >= 0.6 is 0 Å². The Morgan fingerprint density at radius 1 is 1.18 bits per heavy atom. The van der Waals surface area contributed by atoms with Crippen molar-refractivity contribution in [2.75, 3.05) is 45.9 Å². The van der Waals surface area contributed by atoms with E-state index in [9.17, 15) is 9.59 Å². The summed E-state index contributed by atoms with van der Waals surface area (Å²) >= 11 is 0. The number of fused-ring (bicyclic) bond motifs is 1. The molecule has 1 unspecified atom stereocenters. The minimum atomic E-state index is -0.419. The summed E-state index contributed by atoms with van der Waals surface area (Å²) in [6.07, 6.45) is 5.10. The standard InChI is InChI=1S/C19H22N6O3/c26-18-14-12-24(6-5-23-7-9-28-10-8-23)19(27)17(14)21-16-11-15(22-25(16)18)13-1-3-20-4-2-13/h1-4,11,15,21-22H,5-10,12H2/i/hD. The van der Waals surface area contributed by atoms with Crippen molar-refractivity contribution in [1.29, 1.82) is 0 Å². The number of nitrogens with zero attached hydrogens (tertiary/aromatic N) is 4. The summed E-state index contributed by atoms with van der Waals surface area (Å²) < 4.78 is 13.8. The molecule has 0 aromatic carbocycles. The van der Waals surface area contributed by atoms with Gasteiger partial charge in [0.05, 0.1) is 31.4 Å². The zero-order chi connectivity index (χ0) is 20.0. The van der Waals surface area contributed by atoms with Crippen LogP contribution in [-0.2, 0) is 14.3 Å². The van der Waals surface area contributed by atoms with Gasteiger partial charge in [-0.1, -0.05) is 0 Å². The number of pyridine rings is 1. The molecule has 1 saturated heterocycles. The van der Waals surface area contributed by atoms with Crippen LogP contribution < -0.4 is 10.7 Å². The van der Waals surface area contributed by atoms with Gasteiger partial charge in [-0.15, -0.1) is 0 Å². The Kier molecular flexibility index (Phi) is 4.06. The second-order valence-corrected chi connectivity index (χ2v) is 7.17. The minimum absolute atomic E-state index is 0.161. The number of carbonyl (C=O) groups excluding carboxylic acids is 2. The summed E-state index contributed by atoms with van der Waals surface area (Å²) in [5, 5.41) is 4.39. The van der Waals surface area contributed by atoms with Crippen LogP contribution in [0.3, 0.4) is 0 Å². The number of hydrogen-bond acceptors (Lipinski definition) is 7. The third-order valence-corrected chi connectivity index (χ3v) is 5.48. The van der Waals surface area contributed by atoms with Crippen LogP contribution in [-0.4, -0.2) is 77.5 Å². The summed E-state index contributed by atoms with van der Waals surface area (Å²) in [7, 11) is 0. The van der Waals surface area contributed by atoms with Gasteiger partial charge in [0.1, 0.15) is 12.9 Å². The lowest BCUT2D eigenvalue weighted by Crippen LogP contribution is -2.47. The van der Waals surface area contributed by atoms with Gasteiger partial charge in [0, 0.05) is 38.6 Å². The number of hydrazine groups is 1. The summed E-state index contributed by atoms with van der Waals surface area (Å²) in [5.41, 5.74) is 2.75. The molecule has 0 saturated carbocycles. The molecule has 1 aromatic heterocycles. The highest BCUT2D eigenvalue weighted by molar-refractivity contribution is 6.10. The van der Waals surface area contributed by atoms with E-state index in [-0.39, 0.29) is 18.4 Å².